The van der Waals surface area contributed by atoms with Crippen molar-refractivity contribution in [1.29, 1.82) is 0 Å². The molecule has 0 N–H and O–H groups in total. The molecule has 0 heterocycles. The van der Waals surface area contributed by atoms with E-state index in [0.29, 0.717) is 11.8 Å². The Kier molecular flexibility index (Phi) is 15.1. The topological polar surface area (TPSA) is 6.48 Å². The minimum absolute atomic E-state index is 0.00372. The molecule has 0 aromatic heterocycles. The zero-order valence-corrected chi connectivity index (χ0v) is 52.9. The van der Waals surface area contributed by atoms with Crippen LogP contribution < -0.4 is 9.80 Å². The molecule has 86 heavy (non-hydrogen) atoms. The largest absolute Gasteiger partial charge is 0.309 e. The molecule has 2 heteroatoms. The van der Waals surface area contributed by atoms with Crippen LogP contribution in [0.15, 0.2) is 218 Å². The Balaban J connectivity index is 1.07. The second kappa shape index (κ2) is 22.7. The summed E-state index contributed by atoms with van der Waals surface area (Å²) in [6.07, 6.45) is 12.7. The molecule has 0 unspecified atom stereocenters. The number of fused-ring (bicyclic) bond motifs is 4. The van der Waals surface area contributed by atoms with E-state index in [1.165, 1.54) is 163 Å². The summed E-state index contributed by atoms with van der Waals surface area (Å²) >= 11 is 0. The molecular formula is C84H88N2. The van der Waals surface area contributed by atoms with Gasteiger partial charge in [0.25, 0.3) is 0 Å². The fourth-order valence-corrected chi connectivity index (χ4v) is 14.7. The first-order chi connectivity index (χ1) is 41.4. The van der Waals surface area contributed by atoms with Gasteiger partial charge in [0.2, 0.25) is 0 Å². The van der Waals surface area contributed by atoms with E-state index < -0.39 is 0 Å². The average Bonchev–Trinajstić information content (AvgIpc) is 1.16. The van der Waals surface area contributed by atoms with E-state index in [1.54, 1.807) is 0 Å². The quantitative estimate of drug-likeness (QED) is 0.0889. The van der Waals surface area contributed by atoms with E-state index in [-0.39, 0.29) is 21.7 Å². The molecule has 0 radical (unpaired) electrons. The smallest absolute Gasteiger partial charge is 0.0620 e. The number of benzene rings is 11. The third-order valence-corrected chi connectivity index (χ3v) is 20.3. The molecule has 2 aliphatic rings. The van der Waals surface area contributed by atoms with Gasteiger partial charge in [0, 0.05) is 55.1 Å². The Morgan fingerprint density at radius 1 is 0.267 bits per heavy atom. The minimum Gasteiger partial charge on any atom is -0.309 e. The molecule has 11 aromatic carbocycles. The summed E-state index contributed by atoms with van der Waals surface area (Å²) in [6, 6.07) is 85.2. The zero-order valence-electron chi connectivity index (χ0n) is 52.9. The first kappa shape index (κ1) is 57.2. The van der Waals surface area contributed by atoms with Crippen molar-refractivity contribution >= 4 is 77.2 Å². The van der Waals surface area contributed by atoms with Crippen molar-refractivity contribution in [2.75, 3.05) is 9.80 Å². The second-order valence-electron chi connectivity index (χ2n) is 28.7. The van der Waals surface area contributed by atoms with Crippen LogP contribution >= 0.6 is 0 Å². The maximum Gasteiger partial charge on any atom is 0.0620 e. The van der Waals surface area contributed by atoms with Crippen molar-refractivity contribution in [2.24, 2.45) is 0 Å². The summed E-state index contributed by atoms with van der Waals surface area (Å²) in [5, 5.41) is 10.2. The first-order valence-electron chi connectivity index (χ1n) is 32.4. The van der Waals surface area contributed by atoms with Gasteiger partial charge >= 0.3 is 0 Å². The molecule has 2 saturated carbocycles. The van der Waals surface area contributed by atoms with Gasteiger partial charge in [-0.1, -0.05) is 265 Å². The molecule has 434 valence electrons. The first-order valence-corrected chi connectivity index (χ1v) is 32.4. The maximum atomic E-state index is 2.64. The SMILES string of the molecule is CC(C)(C)c1ccc(N(c2ccc(C(C)(C)c3ccc4ccccc4c3)cc2)c2c3ccc(C4CCCCC4)cc3c(N(c3ccc(C(C)(C)C)cc3)c3ccc(C(C)(C)c4ccc5ccccc5c4)cc3)c3ccc(C4CCCCC4)cc23)cc1. The molecule has 13 rings (SSSR count). The van der Waals surface area contributed by atoms with E-state index in [2.05, 4.69) is 297 Å². The fourth-order valence-electron chi connectivity index (χ4n) is 14.7. The molecule has 2 fully saturated rings. The van der Waals surface area contributed by atoms with Gasteiger partial charge in [-0.05, 0) is 175 Å². The molecule has 2 nitrogen and oxygen atoms in total. The summed E-state index contributed by atoms with van der Waals surface area (Å²) in [6.45, 7) is 23.5. The molecule has 0 spiro atoms. The molecular weight excluding hydrogens is 1040 g/mol. The minimum atomic E-state index is -0.230. The Bertz CT molecular complexity index is 3950. The van der Waals surface area contributed by atoms with Crippen molar-refractivity contribution in [2.45, 2.75) is 167 Å². The van der Waals surface area contributed by atoms with Gasteiger partial charge in [-0.25, -0.2) is 0 Å². The van der Waals surface area contributed by atoms with Gasteiger partial charge in [-0.2, -0.15) is 0 Å². The summed E-state index contributed by atoms with van der Waals surface area (Å²) in [5.41, 5.74) is 17.5. The Morgan fingerprint density at radius 2 is 0.570 bits per heavy atom. The van der Waals surface area contributed by atoms with Crippen LogP contribution in [0.3, 0.4) is 0 Å². The lowest BCUT2D eigenvalue weighted by atomic mass is 9.77. The number of hydrogen-bond acceptors (Lipinski definition) is 2. The maximum absolute atomic E-state index is 2.64. The van der Waals surface area contributed by atoms with Crippen LogP contribution in [0.25, 0.3) is 43.1 Å². The summed E-state index contributed by atoms with van der Waals surface area (Å²) in [7, 11) is 0. The van der Waals surface area contributed by atoms with Crippen LogP contribution in [0.4, 0.5) is 34.1 Å². The molecule has 0 atom stereocenters. The third kappa shape index (κ3) is 10.9. The Labute approximate surface area is 513 Å². The molecule has 0 saturated heterocycles. The lowest BCUT2D eigenvalue weighted by molar-refractivity contribution is 0.444. The number of rotatable bonds is 12. The van der Waals surface area contributed by atoms with Crippen molar-refractivity contribution in [3.63, 3.8) is 0 Å². The lowest BCUT2D eigenvalue weighted by Crippen LogP contribution is -2.20. The number of nitrogens with zero attached hydrogens (tertiary/aromatic N) is 2. The highest BCUT2D eigenvalue weighted by Gasteiger charge is 2.32. The van der Waals surface area contributed by atoms with E-state index in [0.717, 1.165) is 22.7 Å². The van der Waals surface area contributed by atoms with Crippen molar-refractivity contribution in [3.05, 3.63) is 263 Å². The highest BCUT2D eigenvalue weighted by molar-refractivity contribution is 6.23. The predicted octanol–water partition coefficient (Wildman–Crippen LogP) is 24.6. The van der Waals surface area contributed by atoms with Crippen LogP contribution in [0.5, 0.6) is 0 Å². The van der Waals surface area contributed by atoms with Crippen molar-refractivity contribution < 1.29 is 0 Å². The van der Waals surface area contributed by atoms with Gasteiger partial charge < -0.3 is 9.80 Å². The average molecular weight is 1130 g/mol. The van der Waals surface area contributed by atoms with E-state index in [1.807, 2.05) is 0 Å². The van der Waals surface area contributed by atoms with Gasteiger partial charge in [-0.3, -0.25) is 0 Å². The lowest BCUT2D eigenvalue weighted by Gasteiger charge is -2.35. The van der Waals surface area contributed by atoms with Crippen LogP contribution in [-0.4, -0.2) is 0 Å². The van der Waals surface area contributed by atoms with Gasteiger partial charge in [-0.15, -0.1) is 0 Å². The van der Waals surface area contributed by atoms with Crippen molar-refractivity contribution in [1.82, 2.24) is 0 Å². The third-order valence-electron chi connectivity index (χ3n) is 20.3. The van der Waals surface area contributed by atoms with E-state index in [4.69, 9.17) is 0 Å². The standard InChI is InChI=1S/C84H88N2/c1-81(2,3)65-35-43-71(44-36-65)85(73-47-39-67(40-48-73)83(7,8)69-33-29-59-25-17-19-27-61(59)53-69)79-75-51-31-64(58-23-15-12-16-24-58)56-78(75)80(76-52-32-63(55-77(76)79)57-21-13-11-14-22-57)86(72-45-37-66(38-46-72)82(4,5)6)74-49-41-68(42-50-74)84(9,10)70-34-30-60-26-18-20-28-62(60)54-70/h17-20,25-58H,11-16,21-24H2,1-10H3. The van der Waals surface area contributed by atoms with Crippen molar-refractivity contribution in [3.8, 4) is 0 Å². The van der Waals surface area contributed by atoms with Crippen LogP contribution in [0, 0.1) is 0 Å². The summed E-state index contributed by atoms with van der Waals surface area (Å²) < 4.78 is 0. The number of hydrogen-bond donors (Lipinski definition) is 0. The highest BCUT2D eigenvalue weighted by Crippen LogP contribution is 2.54. The fraction of sp³-hybridized carbons (Fsp3) is 0.310. The van der Waals surface area contributed by atoms with E-state index in [9.17, 15) is 0 Å². The second-order valence-corrected chi connectivity index (χ2v) is 28.7. The zero-order chi connectivity index (χ0) is 59.5. The van der Waals surface area contributed by atoms with Gasteiger partial charge in [0.05, 0.1) is 11.4 Å². The normalized spacial score (nSPS) is 15.0. The van der Waals surface area contributed by atoms with Crippen LogP contribution in [-0.2, 0) is 21.7 Å². The summed E-state index contributed by atoms with van der Waals surface area (Å²) in [5.74, 6) is 1.04. The van der Waals surface area contributed by atoms with Gasteiger partial charge in [0.1, 0.15) is 0 Å². The number of anilines is 6. The monoisotopic (exact) mass is 1120 g/mol. The molecule has 2 aliphatic carbocycles. The summed E-state index contributed by atoms with van der Waals surface area (Å²) in [4.78, 5) is 5.26. The molecule has 0 bridgehead atoms. The molecule has 11 aromatic rings. The Hall–Kier alpha value is -7.94. The highest BCUT2D eigenvalue weighted by atomic mass is 15.2. The van der Waals surface area contributed by atoms with Gasteiger partial charge in [0.15, 0.2) is 0 Å². The van der Waals surface area contributed by atoms with Crippen LogP contribution in [0.2, 0.25) is 0 Å². The molecule has 0 amide bonds. The Morgan fingerprint density at radius 3 is 0.895 bits per heavy atom. The van der Waals surface area contributed by atoms with Crippen LogP contribution in [0.1, 0.15) is 190 Å². The predicted molar refractivity (Wildman–Crippen MR) is 372 cm³/mol. The molecule has 0 aliphatic heterocycles. The van der Waals surface area contributed by atoms with E-state index >= 15 is 0 Å².